The second kappa shape index (κ2) is 8.00. The minimum atomic E-state index is -0.412. The predicted octanol–water partition coefficient (Wildman–Crippen LogP) is 2.63. The Hall–Kier alpha value is -2.03. The number of nitrogens with one attached hydrogen (secondary N) is 1. The van der Waals surface area contributed by atoms with Gasteiger partial charge in [0.05, 0.1) is 0 Å². The molecule has 23 heavy (non-hydrogen) atoms. The first kappa shape index (κ1) is 17.3. The van der Waals surface area contributed by atoms with Gasteiger partial charge in [0.15, 0.2) is 0 Å². The van der Waals surface area contributed by atoms with Crippen LogP contribution in [-0.4, -0.2) is 48.4 Å². The molecule has 0 unspecified atom stereocenters. The van der Waals surface area contributed by atoms with Crippen molar-refractivity contribution in [3.8, 4) is 6.07 Å². The van der Waals surface area contributed by atoms with Crippen molar-refractivity contribution in [1.29, 1.82) is 5.26 Å². The quantitative estimate of drug-likeness (QED) is 0.680. The summed E-state index contributed by atoms with van der Waals surface area (Å²) in [6.45, 7) is 8.58. The van der Waals surface area contributed by atoms with Crippen molar-refractivity contribution in [3.63, 3.8) is 0 Å². The first-order valence-corrected chi connectivity index (χ1v) is 8.07. The van der Waals surface area contributed by atoms with Crippen molar-refractivity contribution in [2.24, 2.45) is 0 Å². The number of nitrogens with zero attached hydrogens (tertiary/aromatic N) is 3. The maximum atomic E-state index is 12.3. The Labute approximate surface area is 142 Å². The third-order valence-electron chi connectivity index (χ3n) is 3.96. The number of piperazine rings is 1. The lowest BCUT2D eigenvalue weighted by molar-refractivity contribution is -0.112. The van der Waals surface area contributed by atoms with Gasteiger partial charge in [0.2, 0.25) is 0 Å². The third kappa shape index (κ3) is 4.72. The molecule has 1 aliphatic rings. The second-order valence-corrected chi connectivity index (χ2v) is 5.95. The van der Waals surface area contributed by atoms with Crippen LogP contribution in [0.4, 0.5) is 5.69 Å². The van der Waals surface area contributed by atoms with Crippen LogP contribution < -0.4 is 5.32 Å². The summed E-state index contributed by atoms with van der Waals surface area (Å²) in [7, 11) is 0. The van der Waals surface area contributed by atoms with Crippen LogP contribution in [0.5, 0.6) is 0 Å². The number of aryl methyl sites for hydroxylation is 1. The van der Waals surface area contributed by atoms with Gasteiger partial charge in [-0.1, -0.05) is 24.6 Å². The number of rotatable bonds is 4. The number of hydrogen-bond donors (Lipinski definition) is 1. The minimum absolute atomic E-state index is 0.103. The molecular weight excluding hydrogens is 312 g/mol. The molecule has 1 aromatic rings. The van der Waals surface area contributed by atoms with E-state index in [1.807, 2.05) is 24.0 Å². The van der Waals surface area contributed by atoms with Gasteiger partial charge in [-0.05, 0) is 31.2 Å². The van der Waals surface area contributed by atoms with E-state index in [2.05, 4.69) is 17.1 Å². The fourth-order valence-electron chi connectivity index (χ4n) is 2.40. The summed E-state index contributed by atoms with van der Waals surface area (Å²) < 4.78 is 0. The SMILES string of the molecule is CCN1CCN(/C=C(/C#N)C(=O)Nc2ccc(C)c(Cl)c2)CC1. The van der Waals surface area contributed by atoms with Crippen LogP contribution in [-0.2, 0) is 4.79 Å². The van der Waals surface area contributed by atoms with E-state index in [0.29, 0.717) is 10.7 Å². The highest BCUT2D eigenvalue weighted by atomic mass is 35.5. The Morgan fingerprint density at radius 1 is 1.39 bits per heavy atom. The summed E-state index contributed by atoms with van der Waals surface area (Å²) in [5.41, 5.74) is 1.63. The second-order valence-electron chi connectivity index (χ2n) is 5.54. The van der Waals surface area contributed by atoms with E-state index in [-0.39, 0.29) is 5.57 Å². The van der Waals surface area contributed by atoms with Crippen LogP contribution in [0.1, 0.15) is 12.5 Å². The molecule has 1 saturated heterocycles. The molecule has 1 heterocycles. The third-order valence-corrected chi connectivity index (χ3v) is 4.37. The van der Waals surface area contributed by atoms with Crippen LogP contribution >= 0.6 is 11.6 Å². The van der Waals surface area contributed by atoms with Crippen LogP contribution in [0, 0.1) is 18.3 Å². The van der Waals surface area contributed by atoms with Crippen LogP contribution in [0.15, 0.2) is 30.0 Å². The summed E-state index contributed by atoms with van der Waals surface area (Å²) >= 11 is 6.05. The molecular formula is C17H21ClN4O. The fraction of sp³-hybridized carbons (Fsp3) is 0.412. The van der Waals surface area contributed by atoms with Gasteiger partial charge in [0, 0.05) is 43.1 Å². The van der Waals surface area contributed by atoms with Crippen molar-refractivity contribution >= 4 is 23.2 Å². The highest BCUT2D eigenvalue weighted by Crippen LogP contribution is 2.20. The summed E-state index contributed by atoms with van der Waals surface area (Å²) in [6.07, 6.45) is 1.65. The average molecular weight is 333 g/mol. The number of nitriles is 1. The topological polar surface area (TPSA) is 59.4 Å². The van der Waals surface area contributed by atoms with E-state index >= 15 is 0 Å². The first-order valence-electron chi connectivity index (χ1n) is 7.69. The number of benzene rings is 1. The fourth-order valence-corrected chi connectivity index (χ4v) is 2.58. The van der Waals surface area contributed by atoms with Crippen molar-refractivity contribution in [2.45, 2.75) is 13.8 Å². The van der Waals surface area contributed by atoms with Crippen LogP contribution in [0.2, 0.25) is 5.02 Å². The van der Waals surface area contributed by atoms with Gasteiger partial charge >= 0.3 is 0 Å². The molecule has 1 aromatic carbocycles. The number of carbonyl (C=O) groups is 1. The highest BCUT2D eigenvalue weighted by Gasteiger charge is 2.16. The van der Waals surface area contributed by atoms with Crippen LogP contribution in [0.3, 0.4) is 0 Å². The highest BCUT2D eigenvalue weighted by molar-refractivity contribution is 6.31. The molecule has 122 valence electrons. The van der Waals surface area contributed by atoms with Gasteiger partial charge in [0.25, 0.3) is 5.91 Å². The molecule has 0 spiro atoms. The van der Waals surface area contributed by atoms with E-state index in [9.17, 15) is 10.1 Å². The van der Waals surface area contributed by atoms with Gasteiger partial charge in [-0.2, -0.15) is 5.26 Å². The maximum Gasteiger partial charge on any atom is 0.267 e. The lowest BCUT2D eigenvalue weighted by Gasteiger charge is -2.33. The smallest absolute Gasteiger partial charge is 0.267 e. The van der Waals surface area contributed by atoms with Crippen LogP contribution in [0.25, 0.3) is 0 Å². The number of halogens is 1. The molecule has 1 aliphatic heterocycles. The standard InChI is InChI=1S/C17H21ClN4O/c1-3-21-6-8-22(9-7-21)12-14(11-19)17(23)20-15-5-4-13(2)16(18)10-15/h4-5,10,12H,3,6-9H2,1-2H3,(H,20,23)/b14-12-. The first-order chi connectivity index (χ1) is 11.0. The molecule has 1 amide bonds. The average Bonchev–Trinajstić information content (AvgIpc) is 2.56. The molecule has 0 aromatic heterocycles. The van der Waals surface area contributed by atoms with Gasteiger partial charge in [-0.25, -0.2) is 0 Å². The van der Waals surface area contributed by atoms with Gasteiger partial charge in [-0.15, -0.1) is 0 Å². The number of carbonyl (C=O) groups excluding carboxylic acids is 1. The maximum absolute atomic E-state index is 12.3. The number of hydrogen-bond acceptors (Lipinski definition) is 4. The van der Waals surface area contributed by atoms with Crippen molar-refractivity contribution < 1.29 is 4.79 Å². The number of likely N-dealkylation sites (N-methyl/N-ethyl adjacent to an activating group) is 1. The monoisotopic (exact) mass is 332 g/mol. The van der Waals surface area contributed by atoms with E-state index in [0.717, 1.165) is 38.3 Å². The van der Waals surface area contributed by atoms with E-state index in [4.69, 9.17) is 11.6 Å². The number of amides is 1. The molecule has 0 atom stereocenters. The molecule has 0 saturated carbocycles. The summed E-state index contributed by atoms with van der Waals surface area (Å²) in [5, 5.41) is 12.6. The summed E-state index contributed by atoms with van der Waals surface area (Å²) in [6, 6.07) is 7.27. The lowest BCUT2D eigenvalue weighted by atomic mass is 10.2. The Balaban J connectivity index is 2.02. The molecule has 2 rings (SSSR count). The normalized spacial score (nSPS) is 16.1. The van der Waals surface area contributed by atoms with Gasteiger partial charge in [-0.3, -0.25) is 4.79 Å². The van der Waals surface area contributed by atoms with E-state index in [1.165, 1.54) is 0 Å². The lowest BCUT2D eigenvalue weighted by Crippen LogP contribution is -2.44. The number of anilines is 1. The molecule has 0 bridgehead atoms. The Morgan fingerprint density at radius 3 is 2.65 bits per heavy atom. The van der Waals surface area contributed by atoms with Crippen molar-refractivity contribution in [2.75, 3.05) is 38.0 Å². The van der Waals surface area contributed by atoms with Gasteiger partial charge in [0.1, 0.15) is 11.6 Å². The Morgan fingerprint density at radius 2 is 2.09 bits per heavy atom. The minimum Gasteiger partial charge on any atom is -0.374 e. The van der Waals surface area contributed by atoms with Crippen molar-refractivity contribution in [1.82, 2.24) is 9.80 Å². The van der Waals surface area contributed by atoms with E-state index in [1.54, 1.807) is 18.3 Å². The Bertz CT molecular complexity index is 642. The zero-order chi connectivity index (χ0) is 16.8. The molecule has 1 N–H and O–H groups in total. The largest absolute Gasteiger partial charge is 0.374 e. The molecule has 5 nitrogen and oxygen atoms in total. The Kier molecular flexibility index (Phi) is 6.03. The zero-order valence-electron chi connectivity index (χ0n) is 13.5. The van der Waals surface area contributed by atoms with E-state index < -0.39 is 5.91 Å². The molecule has 1 fully saturated rings. The molecule has 0 aliphatic carbocycles. The summed E-state index contributed by atoms with van der Waals surface area (Å²) in [4.78, 5) is 16.6. The zero-order valence-corrected chi connectivity index (χ0v) is 14.2. The van der Waals surface area contributed by atoms with Crippen molar-refractivity contribution in [3.05, 3.63) is 40.6 Å². The predicted molar refractivity (Wildman–Crippen MR) is 92.2 cm³/mol. The van der Waals surface area contributed by atoms with Gasteiger partial charge < -0.3 is 15.1 Å². The molecule has 6 heteroatoms. The summed E-state index contributed by atoms with van der Waals surface area (Å²) in [5.74, 6) is -0.412. The molecule has 0 radical (unpaired) electrons.